The van der Waals surface area contributed by atoms with Crippen LogP contribution in [0.4, 0.5) is 0 Å². The lowest BCUT2D eigenvalue weighted by Crippen LogP contribution is -2.12. The summed E-state index contributed by atoms with van der Waals surface area (Å²) in [7, 11) is -2.85. The predicted octanol–water partition coefficient (Wildman–Crippen LogP) is 4.13. The Labute approximate surface area is 127 Å². The van der Waals surface area contributed by atoms with Crippen LogP contribution < -0.4 is 0 Å². The average molecular weight is 315 g/mol. The molecule has 112 valence electrons. The molecule has 0 saturated carbocycles. The quantitative estimate of drug-likeness (QED) is 0.605. The van der Waals surface area contributed by atoms with E-state index in [1.54, 1.807) is 6.92 Å². The van der Waals surface area contributed by atoms with Crippen LogP contribution in [0, 0.1) is 5.92 Å². The third-order valence-corrected chi connectivity index (χ3v) is 6.64. The monoisotopic (exact) mass is 314 g/mol. The molecule has 0 aromatic heterocycles. The number of rotatable bonds is 5. The summed E-state index contributed by atoms with van der Waals surface area (Å²) in [6.07, 6.45) is 4.96. The Hall–Kier alpha value is -0.540. The standard InChI is InChI=1S/C16H23ClO2S/c1-2-20(18,19)12-6-10-14-9-5-8-13-7-3-4-11-15(13)16(14)17/h3-4,7,11,14,16H,2,5-6,8-10,12H2,1H3. The van der Waals surface area contributed by atoms with Crippen LogP contribution >= 0.6 is 11.6 Å². The topological polar surface area (TPSA) is 34.1 Å². The Morgan fingerprint density at radius 2 is 2.05 bits per heavy atom. The van der Waals surface area contributed by atoms with Gasteiger partial charge < -0.3 is 0 Å². The van der Waals surface area contributed by atoms with Crippen LogP contribution in [-0.2, 0) is 16.3 Å². The van der Waals surface area contributed by atoms with Crippen molar-refractivity contribution in [3.63, 3.8) is 0 Å². The number of alkyl halides is 1. The van der Waals surface area contributed by atoms with Crippen molar-refractivity contribution >= 4 is 21.4 Å². The zero-order chi connectivity index (χ0) is 14.6. The molecule has 0 spiro atoms. The molecule has 0 bridgehead atoms. The second-order valence-corrected chi connectivity index (χ2v) is 8.57. The van der Waals surface area contributed by atoms with Crippen LogP contribution in [0.25, 0.3) is 0 Å². The van der Waals surface area contributed by atoms with Crippen LogP contribution in [0.1, 0.15) is 49.1 Å². The van der Waals surface area contributed by atoms with E-state index in [1.165, 1.54) is 11.1 Å². The van der Waals surface area contributed by atoms with Gasteiger partial charge in [-0.1, -0.05) is 31.2 Å². The molecule has 2 unspecified atom stereocenters. The second-order valence-electron chi connectivity index (χ2n) is 5.63. The fourth-order valence-corrected chi connectivity index (χ4v) is 4.35. The summed E-state index contributed by atoms with van der Waals surface area (Å²) in [5.41, 5.74) is 2.60. The van der Waals surface area contributed by atoms with Gasteiger partial charge in [-0.25, -0.2) is 8.42 Å². The van der Waals surface area contributed by atoms with Crippen LogP contribution in [0.5, 0.6) is 0 Å². The maximum absolute atomic E-state index is 11.6. The van der Waals surface area contributed by atoms with Crippen molar-refractivity contribution in [1.29, 1.82) is 0 Å². The first kappa shape index (κ1) is 15.8. The highest BCUT2D eigenvalue weighted by Crippen LogP contribution is 2.40. The lowest BCUT2D eigenvalue weighted by molar-refractivity contribution is 0.430. The normalized spacial score (nSPS) is 23.1. The van der Waals surface area contributed by atoms with Crippen molar-refractivity contribution in [2.75, 3.05) is 11.5 Å². The summed E-state index contributed by atoms with van der Waals surface area (Å²) < 4.78 is 23.1. The van der Waals surface area contributed by atoms with Crippen molar-refractivity contribution in [2.45, 2.75) is 44.4 Å². The molecule has 2 nitrogen and oxygen atoms in total. The molecule has 1 aliphatic rings. The number of hydrogen-bond acceptors (Lipinski definition) is 2. The Morgan fingerprint density at radius 1 is 1.30 bits per heavy atom. The number of benzene rings is 1. The minimum Gasteiger partial charge on any atom is -0.229 e. The van der Waals surface area contributed by atoms with Crippen LogP contribution in [0.15, 0.2) is 24.3 Å². The first-order chi connectivity index (χ1) is 9.53. The van der Waals surface area contributed by atoms with Crippen LogP contribution in [0.3, 0.4) is 0 Å². The number of halogens is 1. The van der Waals surface area contributed by atoms with Crippen molar-refractivity contribution in [3.8, 4) is 0 Å². The summed E-state index contributed by atoms with van der Waals surface area (Å²) >= 11 is 6.65. The molecule has 0 N–H and O–H groups in total. The molecule has 0 heterocycles. The third kappa shape index (κ3) is 3.98. The van der Waals surface area contributed by atoms with Gasteiger partial charge in [0.15, 0.2) is 0 Å². The van der Waals surface area contributed by atoms with Crippen molar-refractivity contribution < 1.29 is 8.42 Å². The number of fused-ring (bicyclic) bond motifs is 1. The molecule has 20 heavy (non-hydrogen) atoms. The summed E-state index contributed by atoms with van der Waals surface area (Å²) in [5, 5.41) is 0.0260. The molecule has 1 aromatic rings. The van der Waals surface area contributed by atoms with E-state index in [1.807, 2.05) is 6.07 Å². The Bertz CT molecular complexity index is 539. The maximum Gasteiger partial charge on any atom is 0.150 e. The summed E-state index contributed by atoms with van der Waals surface area (Å²) in [6.45, 7) is 1.71. The van der Waals surface area contributed by atoms with E-state index in [0.29, 0.717) is 11.7 Å². The van der Waals surface area contributed by atoms with Gasteiger partial charge in [0.2, 0.25) is 0 Å². The van der Waals surface area contributed by atoms with Crippen LogP contribution in [0.2, 0.25) is 0 Å². The molecule has 2 rings (SSSR count). The zero-order valence-corrected chi connectivity index (χ0v) is 13.6. The molecule has 4 heteroatoms. The van der Waals surface area contributed by atoms with E-state index in [2.05, 4.69) is 18.2 Å². The molecule has 0 aliphatic heterocycles. The van der Waals surface area contributed by atoms with E-state index in [0.717, 1.165) is 32.1 Å². The first-order valence-corrected chi connectivity index (χ1v) is 9.71. The van der Waals surface area contributed by atoms with E-state index < -0.39 is 9.84 Å². The van der Waals surface area contributed by atoms with Gasteiger partial charge in [-0.3, -0.25) is 0 Å². The van der Waals surface area contributed by atoms with Gasteiger partial charge in [0.05, 0.1) is 11.1 Å². The van der Waals surface area contributed by atoms with Crippen molar-refractivity contribution in [3.05, 3.63) is 35.4 Å². The molecule has 2 atom stereocenters. The smallest absolute Gasteiger partial charge is 0.150 e. The van der Waals surface area contributed by atoms with Gasteiger partial charge in [0.1, 0.15) is 9.84 Å². The summed E-state index contributed by atoms with van der Waals surface area (Å²) in [4.78, 5) is 0. The molecule has 0 radical (unpaired) electrons. The van der Waals surface area contributed by atoms with Gasteiger partial charge in [-0.2, -0.15) is 0 Å². The second kappa shape index (κ2) is 6.95. The zero-order valence-electron chi connectivity index (χ0n) is 12.0. The van der Waals surface area contributed by atoms with Gasteiger partial charge in [-0.15, -0.1) is 11.6 Å². The van der Waals surface area contributed by atoms with Crippen molar-refractivity contribution in [1.82, 2.24) is 0 Å². The van der Waals surface area contributed by atoms with E-state index >= 15 is 0 Å². The molecular weight excluding hydrogens is 292 g/mol. The Morgan fingerprint density at radius 3 is 2.80 bits per heavy atom. The Kier molecular flexibility index (Phi) is 5.50. The molecule has 0 amide bonds. The maximum atomic E-state index is 11.6. The third-order valence-electron chi connectivity index (χ3n) is 4.26. The lowest BCUT2D eigenvalue weighted by Gasteiger charge is -2.21. The van der Waals surface area contributed by atoms with Gasteiger partial charge in [0.25, 0.3) is 0 Å². The highest BCUT2D eigenvalue weighted by molar-refractivity contribution is 7.91. The van der Waals surface area contributed by atoms with Gasteiger partial charge >= 0.3 is 0 Å². The molecular formula is C16H23ClO2S. The summed E-state index contributed by atoms with van der Waals surface area (Å²) in [6, 6.07) is 8.39. The lowest BCUT2D eigenvalue weighted by atomic mass is 9.92. The van der Waals surface area contributed by atoms with E-state index in [-0.39, 0.29) is 11.1 Å². The van der Waals surface area contributed by atoms with E-state index in [9.17, 15) is 8.42 Å². The largest absolute Gasteiger partial charge is 0.229 e. The Balaban J connectivity index is 1.99. The molecule has 1 aromatic carbocycles. The van der Waals surface area contributed by atoms with Crippen LogP contribution in [-0.4, -0.2) is 19.9 Å². The fraction of sp³-hybridized carbons (Fsp3) is 0.625. The fourth-order valence-electron chi connectivity index (χ4n) is 2.99. The average Bonchev–Trinajstić information content (AvgIpc) is 2.60. The molecule has 0 saturated heterocycles. The molecule has 1 aliphatic carbocycles. The van der Waals surface area contributed by atoms with Gasteiger partial charge in [-0.05, 0) is 49.1 Å². The van der Waals surface area contributed by atoms with E-state index in [4.69, 9.17) is 11.6 Å². The van der Waals surface area contributed by atoms with Gasteiger partial charge in [0, 0.05) is 5.75 Å². The minimum atomic E-state index is -2.85. The van der Waals surface area contributed by atoms with Crippen molar-refractivity contribution in [2.24, 2.45) is 5.92 Å². The number of hydrogen-bond donors (Lipinski definition) is 0. The number of aryl methyl sites for hydroxylation is 1. The summed E-state index contributed by atoms with van der Waals surface area (Å²) in [5.74, 6) is 0.933. The highest BCUT2D eigenvalue weighted by Gasteiger charge is 2.25. The molecule has 0 fully saturated rings. The first-order valence-electron chi connectivity index (χ1n) is 7.46. The SMILES string of the molecule is CCS(=O)(=O)CCCC1CCCc2ccccc2C1Cl. The number of sulfone groups is 1. The predicted molar refractivity (Wildman–Crippen MR) is 85.0 cm³/mol. The minimum absolute atomic E-state index is 0.0260. The highest BCUT2D eigenvalue weighted by atomic mass is 35.5.